The first kappa shape index (κ1) is 15.2. The van der Waals surface area contributed by atoms with Gasteiger partial charge < -0.3 is 4.74 Å². The number of hydrogen-bond donors (Lipinski definition) is 0. The van der Waals surface area contributed by atoms with Crippen molar-refractivity contribution in [1.29, 1.82) is 0 Å². The summed E-state index contributed by atoms with van der Waals surface area (Å²) in [7, 11) is 1.49. The highest BCUT2D eigenvalue weighted by Gasteiger charge is 2.27. The Labute approximate surface area is 123 Å². The molecule has 2 rings (SSSR count). The molecule has 5 heteroatoms. The van der Waals surface area contributed by atoms with Gasteiger partial charge in [0.15, 0.2) is 5.78 Å². The SMILES string of the molecule is COc1cc(C)ccc1C(=O)CN1C(=O)CCCCC1=O. The van der Waals surface area contributed by atoms with E-state index in [9.17, 15) is 14.4 Å². The first-order valence-corrected chi connectivity index (χ1v) is 7.04. The zero-order chi connectivity index (χ0) is 15.4. The van der Waals surface area contributed by atoms with Crippen molar-refractivity contribution in [3.8, 4) is 5.75 Å². The van der Waals surface area contributed by atoms with E-state index in [-0.39, 0.29) is 24.1 Å². The van der Waals surface area contributed by atoms with E-state index in [1.807, 2.05) is 13.0 Å². The fourth-order valence-corrected chi connectivity index (χ4v) is 2.40. The molecule has 0 saturated carbocycles. The first-order valence-electron chi connectivity index (χ1n) is 7.04. The van der Waals surface area contributed by atoms with Gasteiger partial charge >= 0.3 is 0 Å². The summed E-state index contributed by atoms with van der Waals surface area (Å²) in [5.41, 5.74) is 1.37. The van der Waals surface area contributed by atoms with E-state index in [2.05, 4.69) is 0 Å². The van der Waals surface area contributed by atoms with Crippen LogP contribution in [-0.2, 0) is 9.59 Å². The fourth-order valence-electron chi connectivity index (χ4n) is 2.40. The van der Waals surface area contributed by atoms with E-state index >= 15 is 0 Å². The highest BCUT2D eigenvalue weighted by Crippen LogP contribution is 2.21. The van der Waals surface area contributed by atoms with Gasteiger partial charge in [-0.25, -0.2) is 0 Å². The van der Waals surface area contributed by atoms with Crippen LogP contribution in [0, 0.1) is 6.92 Å². The summed E-state index contributed by atoms with van der Waals surface area (Å²) in [6, 6.07) is 5.24. The second-order valence-corrected chi connectivity index (χ2v) is 5.21. The van der Waals surface area contributed by atoms with Crippen molar-refractivity contribution in [1.82, 2.24) is 4.90 Å². The number of benzene rings is 1. The Morgan fingerprint density at radius 2 is 1.81 bits per heavy atom. The highest BCUT2D eigenvalue weighted by atomic mass is 16.5. The van der Waals surface area contributed by atoms with Crippen LogP contribution >= 0.6 is 0 Å². The molecule has 0 N–H and O–H groups in total. The minimum absolute atomic E-state index is 0.211. The molecule has 1 heterocycles. The van der Waals surface area contributed by atoms with Gasteiger partial charge in [0, 0.05) is 12.8 Å². The van der Waals surface area contributed by atoms with E-state index in [0.29, 0.717) is 37.0 Å². The summed E-state index contributed by atoms with van der Waals surface area (Å²) in [6.07, 6.45) is 2.04. The van der Waals surface area contributed by atoms with E-state index in [1.165, 1.54) is 7.11 Å². The van der Waals surface area contributed by atoms with Gasteiger partial charge in [-0.2, -0.15) is 0 Å². The third kappa shape index (κ3) is 3.48. The van der Waals surface area contributed by atoms with E-state index in [0.717, 1.165) is 10.5 Å². The number of Topliss-reactive ketones (excluding diaryl/α,β-unsaturated/α-hetero) is 1. The number of ether oxygens (including phenoxy) is 1. The van der Waals surface area contributed by atoms with Crippen LogP contribution in [0.1, 0.15) is 41.6 Å². The van der Waals surface area contributed by atoms with Crippen molar-refractivity contribution in [2.24, 2.45) is 0 Å². The van der Waals surface area contributed by atoms with E-state index < -0.39 is 0 Å². The molecule has 0 aromatic heterocycles. The number of methoxy groups -OCH3 is 1. The molecule has 1 aliphatic rings. The average molecular weight is 289 g/mol. The van der Waals surface area contributed by atoms with Crippen molar-refractivity contribution in [2.45, 2.75) is 32.6 Å². The number of carbonyl (C=O) groups is 3. The molecule has 2 amide bonds. The maximum absolute atomic E-state index is 12.4. The largest absolute Gasteiger partial charge is 0.496 e. The molecule has 0 spiro atoms. The molecule has 1 fully saturated rings. The number of nitrogens with zero attached hydrogens (tertiary/aromatic N) is 1. The third-order valence-electron chi connectivity index (χ3n) is 3.59. The average Bonchev–Trinajstić information content (AvgIpc) is 2.62. The van der Waals surface area contributed by atoms with Gasteiger partial charge in [-0.15, -0.1) is 0 Å². The summed E-state index contributed by atoms with van der Waals surface area (Å²) in [5, 5.41) is 0. The molecule has 1 aromatic carbocycles. The standard InChI is InChI=1S/C16H19NO4/c1-11-7-8-12(14(9-11)21-2)13(18)10-17-15(19)5-3-4-6-16(17)20/h7-9H,3-6,10H2,1-2H3. The van der Waals surface area contributed by atoms with Gasteiger partial charge in [0.05, 0.1) is 19.2 Å². The Bertz CT molecular complexity index is 562. The smallest absolute Gasteiger partial charge is 0.229 e. The van der Waals surface area contributed by atoms with Gasteiger partial charge in [0.2, 0.25) is 11.8 Å². The molecule has 0 atom stereocenters. The molecule has 21 heavy (non-hydrogen) atoms. The van der Waals surface area contributed by atoms with Crippen molar-refractivity contribution < 1.29 is 19.1 Å². The number of rotatable bonds is 4. The lowest BCUT2D eigenvalue weighted by atomic mass is 10.1. The third-order valence-corrected chi connectivity index (χ3v) is 3.59. The molecular weight excluding hydrogens is 270 g/mol. The lowest BCUT2D eigenvalue weighted by Gasteiger charge is -2.18. The Hall–Kier alpha value is -2.17. The Morgan fingerprint density at radius 3 is 2.38 bits per heavy atom. The lowest BCUT2D eigenvalue weighted by molar-refractivity contribution is -0.143. The summed E-state index contributed by atoms with van der Waals surface area (Å²) in [6.45, 7) is 1.69. The zero-order valence-electron chi connectivity index (χ0n) is 12.3. The highest BCUT2D eigenvalue weighted by molar-refractivity contribution is 6.06. The van der Waals surface area contributed by atoms with Crippen molar-refractivity contribution in [3.63, 3.8) is 0 Å². The monoisotopic (exact) mass is 289 g/mol. The minimum atomic E-state index is -0.282. The minimum Gasteiger partial charge on any atom is -0.496 e. The predicted molar refractivity (Wildman–Crippen MR) is 77.2 cm³/mol. The Morgan fingerprint density at radius 1 is 1.19 bits per heavy atom. The quantitative estimate of drug-likeness (QED) is 0.629. The van der Waals surface area contributed by atoms with Gasteiger partial charge in [-0.3, -0.25) is 19.3 Å². The van der Waals surface area contributed by atoms with Gasteiger partial charge in [0.25, 0.3) is 0 Å². The molecule has 0 aliphatic carbocycles. The van der Waals surface area contributed by atoms with Crippen LogP contribution in [0.2, 0.25) is 0 Å². The molecule has 112 valence electrons. The van der Waals surface area contributed by atoms with Crippen LogP contribution in [-0.4, -0.2) is 36.2 Å². The van der Waals surface area contributed by atoms with Gasteiger partial charge in [0.1, 0.15) is 5.75 Å². The molecule has 5 nitrogen and oxygen atoms in total. The van der Waals surface area contributed by atoms with Crippen LogP contribution in [0.3, 0.4) is 0 Å². The number of hydrogen-bond acceptors (Lipinski definition) is 4. The predicted octanol–water partition coefficient (Wildman–Crippen LogP) is 2.12. The Kier molecular flexibility index (Phi) is 4.73. The molecule has 0 bridgehead atoms. The summed E-state index contributed by atoms with van der Waals surface area (Å²) in [4.78, 5) is 37.3. The molecule has 1 saturated heterocycles. The zero-order valence-corrected chi connectivity index (χ0v) is 12.3. The van der Waals surface area contributed by atoms with Crippen LogP contribution in [0.15, 0.2) is 18.2 Å². The maximum Gasteiger partial charge on any atom is 0.229 e. The topological polar surface area (TPSA) is 63.7 Å². The van der Waals surface area contributed by atoms with Crippen molar-refractivity contribution in [2.75, 3.05) is 13.7 Å². The number of imide groups is 1. The van der Waals surface area contributed by atoms with Crippen LogP contribution in [0.4, 0.5) is 0 Å². The van der Waals surface area contributed by atoms with Crippen LogP contribution < -0.4 is 4.74 Å². The van der Waals surface area contributed by atoms with E-state index in [1.54, 1.807) is 12.1 Å². The summed E-state index contributed by atoms with van der Waals surface area (Å²) < 4.78 is 5.21. The first-order chi connectivity index (χ1) is 10.0. The molecule has 0 radical (unpaired) electrons. The van der Waals surface area contributed by atoms with Crippen LogP contribution in [0.25, 0.3) is 0 Å². The number of carbonyl (C=O) groups excluding carboxylic acids is 3. The number of aryl methyl sites for hydroxylation is 1. The Balaban J connectivity index is 2.20. The normalized spacial score (nSPS) is 15.8. The second kappa shape index (κ2) is 6.52. The molecule has 1 aromatic rings. The van der Waals surface area contributed by atoms with Crippen molar-refractivity contribution in [3.05, 3.63) is 29.3 Å². The van der Waals surface area contributed by atoms with Crippen LogP contribution in [0.5, 0.6) is 5.75 Å². The summed E-state index contributed by atoms with van der Waals surface area (Å²) >= 11 is 0. The molecule has 1 aliphatic heterocycles. The second-order valence-electron chi connectivity index (χ2n) is 5.21. The molecule has 0 unspecified atom stereocenters. The number of ketones is 1. The van der Waals surface area contributed by atoms with E-state index in [4.69, 9.17) is 4.74 Å². The lowest BCUT2D eigenvalue weighted by Crippen LogP contribution is -2.39. The maximum atomic E-state index is 12.4. The number of amides is 2. The molecular formula is C16H19NO4. The number of likely N-dealkylation sites (tertiary alicyclic amines) is 1. The van der Waals surface area contributed by atoms with Crippen molar-refractivity contribution >= 4 is 17.6 Å². The van der Waals surface area contributed by atoms with Gasteiger partial charge in [-0.1, -0.05) is 6.07 Å². The van der Waals surface area contributed by atoms with Gasteiger partial charge in [-0.05, 0) is 37.5 Å². The summed E-state index contributed by atoms with van der Waals surface area (Å²) in [5.74, 6) is -0.348. The fraction of sp³-hybridized carbons (Fsp3) is 0.438.